The van der Waals surface area contributed by atoms with E-state index in [1.54, 1.807) is 0 Å². The molecule has 0 bridgehead atoms. The molecule has 0 N–H and O–H groups in total. The van der Waals surface area contributed by atoms with Crippen molar-refractivity contribution in [3.05, 3.63) is 10.5 Å². The van der Waals surface area contributed by atoms with Gasteiger partial charge in [0.15, 0.2) is 0 Å². The molecular weight excluding hydrogens is 308 g/mol. The molecule has 0 saturated heterocycles. The number of nitrogens with zero attached hydrogens (tertiary/aromatic N) is 1. The molecule has 0 aromatic carbocycles. The Hall–Kier alpha value is 1.67. The summed E-state index contributed by atoms with van der Waals surface area (Å²) in [5, 5.41) is 0. The maximum Gasteiger partial charge on any atom is -0.423 e. The normalized spacial score (nSPS) is 14.9. The number of hydrogen-bond donors (Lipinski definition) is 0. The van der Waals surface area contributed by atoms with Gasteiger partial charge in [0.25, 0.3) is 0 Å². The van der Waals surface area contributed by atoms with E-state index in [0.717, 1.165) is 0 Å². The van der Waals surface area contributed by atoms with Crippen LogP contribution in [0.4, 0.5) is 0 Å². The van der Waals surface area contributed by atoms with Gasteiger partial charge in [-0.2, -0.15) is 0 Å². The molecule has 0 atom stereocenters. The van der Waals surface area contributed by atoms with Crippen LogP contribution in [0.5, 0.6) is 0 Å². The average molecular weight is 308 g/mol. The van der Waals surface area contributed by atoms with Gasteiger partial charge in [0.1, 0.15) is 0 Å². The van der Waals surface area contributed by atoms with Gasteiger partial charge >= 0.3 is 57.1 Å². The van der Waals surface area contributed by atoms with Gasteiger partial charge in [-0.15, -0.1) is 0 Å². The molecule has 0 aliphatic carbocycles. The van der Waals surface area contributed by atoms with Crippen molar-refractivity contribution in [3.63, 3.8) is 0 Å². The molecule has 0 amide bonds. The third-order valence-electron chi connectivity index (χ3n) is 0. The van der Waals surface area contributed by atoms with Crippen molar-refractivity contribution >= 4 is 48.5 Å². The summed E-state index contributed by atoms with van der Waals surface area (Å²) in [7, 11) is 21.0. The molecule has 0 aromatic rings. The summed E-state index contributed by atoms with van der Waals surface area (Å²) >= 11 is 0. The molecule has 0 rings (SSSR count). The number of hydrogen-bond acceptors (Lipinski definition) is 1. The van der Waals surface area contributed by atoms with Gasteiger partial charge in [-0.05, 0) is 0 Å². The summed E-state index contributed by atoms with van der Waals surface area (Å²) in [6.07, 6.45) is 0. The molecule has 0 aliphatic heterocycles. The maximum absolute atomic E-state index is 7.25. The van der Waals surface area contributed by atoms with Crippen LogP contribution in [0, 0.1) is 4.91 Å². The van der Waals surface area contributed by atoms with Gasteiger partial charge < -0.3 is 10.5 Å². The fourth-order valence-corrected chi connectivity index (χ4v) is 0. The van der Waals surface area contributed by atoms with E-state index >= 15 is 0 Å². The first-order valence-electron chi connectivity index (χ1n) is 0.851. The Morgan fingerprint density at radius 3 is 0.875 bits per heavy atom. The zero-order chi connectivity index (χ0) is 7.45. The van der Waals surface area contributed by atoms with E-state index in [2.05, 4.69) is 0 Å². The predicted molar refractivity (Wildman–Crippen MR) is 36.0 cm³/mol. The summed E-state index contributed by atoms with van der Waals surface area (Å²) in [5.74, 6) is 0. The van der Waals surface area contributed by atoms with Crippen molar-refractivity contribution in [1.29, 1.82) is 0 Å². The van der Waals surface area contributed by atoms with Crippen LogP contribution < -0.4 is 0 Å². The SMILES string of the molecule is [Cl][Ru]([Cl])([Cl])([Cl])[Cl].[N-]=O. The molecule has 8 heteroatoms. The summed E-state index contributed by atoms with van der Waals surface area (Å²) in [6, 6.07) is 0. The molecule has 0 aromatic heterocycles. The summed E-state index contributed by atoms with van der Waals surface area (Å²) in [4.78, 5) is 7.25. The number of halogens is 5. The van der Waals surface area contributed by atoms with Gasteiger partial charge in [-0.1, -0.05) is 0 Å². The number of rotatable bonds is 0. The van der Waals surface area contributed by atoms with Crippen LogP contribution in [0.15, 0.2) is 0 Å². The largest absolute Gasteiger partial charge is 0.577 e. The zero-order valence-corrected chi connectivity index (χ0v) is 8.62. The molecule has 0 heterocycles. The van der Waals surface area contributed by atoms with Gasteiger partial charge in [0.2, 0.25) is 0 Å². The Kier molecular flexibility index (Phi) is 5.79. The fraction of sp³-hybridized carbons (Fsp3) is 0. The summed E-state index contributed by atoms with van der Waals surface area (Å²) in [6.45, 7) is 0. The maximum atomic E-state index is 7.25. The van der Waals surface area contributed by atoms with Gasteiger partial charge in [-0.3, -0.25) is 0 Å². The van der Waals surface area contributed by atoms with Crippen LogP contribution in [0.2, 0.25) is 0 Å². The summed E-state index contributed by atoms with van der Waals surface area (Å²) in [5.41, 5.74) is 5.75. The quantitative estimate of drug-likeness (QED) is 0.628. The van der Waals surface area contributed by atoms with Crippen LogP contribution >= 0.6 is 48.5 Å². The van der Waals surface area contributed by atoms with Crippen LogP contribution in [0.3, 0.4) is 0 Å². The third-order valence-corrected chi connectivity index (χ3v) is 0. The van der Waals surface area contributed by atoms with Crippen LogP contribution in [-0.2, 0) is 8.65 Å². The van der Waals surface area contributed by atoms with Crippen molar-refractivity contribution in [1.82, 2.24) is 0 Å². The second-order valence-electron chi connectivity index (χ2n) is 0.505. The van der Waals surface area contributed by atoms with E-state index < -0.39 is 8.65 Å². The molecule has 2 nitrogen and oxygen atoms in total. The summed E-state index contributed by atoms with van der Waals surface area (Å²) < 4.78 is 0. The third kappa shape index (κ3) is 122. The molecule has 0 radical (unpaired) electrons. The van der Waals surface area contributed by atoms with E-state index in [1.807, 2.05) is 0 Å². The molecule has 55 valence electrons. The Balaban J connectivity index is 0. The first kappa shape index (κ1) is 12.4. The fourth-order valence-electron chi connectivity index (χ4n) is 0. The molecule has 0 saturated carbocycles. The smallest absolute Gasteiger partial charge is 0.423 e. The minimum Gasteiger partial charge on any atom is -0.577 e. The van der Waals surface area contributed by atoms with Crippen molar-refractivity contribution in [2.24, 2.45) is 0 Å². The first-order valence-corrected chi connectivity index (χ1v) is 12.0. The van der Waals surface area contributed by atoms with Crippen LogP contribution in [-0.4, -0.2) is 0 Å². The Bertz CT molecular complexity index is 55.3. The van der Waals surface area contributed by atoms with Crippen molar-refractivity contribution in [3.8, 4) is 0 Å². The minimum absolute atomic E-state index is 4.11. The van der Waals surface area contributed by atoms with E-state index in [4.69, 9.17) is 59.0 Å². The van der Waals surface area contributed by atoms with Crippen molar-refractivity contribution < 1.29 is 8.65 Å². The average Bonchev–Trinajstić information content (AvgIpc) is 1.33. The van der Waals surface area contributed by atoms with Gasteiger partial charge in [0.05, 0.1) is 0 Å². The van der Waals surface area contributed by atoms with Crippen LogP contribution in [0.1, 0.15) is 0 Å². The predicted octanol–water partition coefficient (Wildman–Crippen LogP) is 3.77. The molecule has 8 heavy (non-hydrogen) atoms. The van der Waals surface area contributed by atoms with Gasteiger partial charge in [-0.25, -0.2) is 0 Å². The molecule has 0 fully saturated rings. The second kappa shape index (κ2) is 3.75. The molecule has 0 unspecified atom stereocenters. The Labute approximate surface area is 67.1 Å². The topological polar surface area (TPSA) is 39.4 Å². The number of nitroso groups, excluding NO2 is 1. The second-order valence-corrected chi connectivity index (χ2v) is 26.9. The van der Waals surface area contributed by atoms with E-state index in [-0.39, 0.29) is 0 Å². The first-order chi connectivity index (χ1) is 3.24. The molecule has 0 aliphatic rings. The van der Waals surface area contributed by atoms with E-state index in [9.17, 15) is 0 Å². The molecular formula is Cl5NORu-. The Morgan fingerprint density at radius 1 is 0.875 bits per heavy atom. The van der Waals surface area contributed by atoms with Crippen LogP contribution in [0.25, 0.3) is 5.59 Å². The van der Waals surface area contributed by atoms with E-state index in [0.29, 0.717) is 0 Å². The minimum atomic E-state index is -4.11. The van der Waals surface area contributed by atoms with Crippen molar-refractivity contribution in [2.75, 3.05) is 0 Å². The van der Waals surface area contributed by atoms with Crippen molar-refractivity contribution in [2.45, 2.75) is 0 Å². The zero-order valence-electron chi connectivity index (χ0n) is 3.10. The Morgan fingerprint density at radius 2 is 0.875 bits per heavy atom. The standard InChI is InChI=1S/5ClH.NO.Ru/c;;;;;1-2;/h5*1H;;/q;;;;;-1;+5/p-5. The van der Waals surface area contributed by atoms with E-state index in [1.165, 1.54) is 0 Å². The molecule has 0 spiro atoms. The van der Waals surface area contributed by atoms with Gasteiger partial charge in [0, 0.05) is 0 Å². The monoisotopic (exact) mass is 307 g/mol.